The van der Waals surface area contributed by atoms with Gasteiger partial charge in [-0.1, -0.05) is 34.1 Å². The SMILES string of the molecule is O=C(O)c1ccnnc1NCc1ccccc1Br. The lowest BCUT2D eigenvalue weighted by Crippen LogP contribution is -2.09. The quantitative estimate of drug-likeness (QED) is 0.908. The number of benzene rings is 1. The number of anilines is 1. The van der Waals surface area contributed by atoms with Gasteiger partial charge in [-0.25, -0.2) is 4.79 Å². The first-order chi connectivity index (χ1) is 8.68. The number of hydrogen-bond donors (Lipinski definition) is 2. The Morgan fingerprint density at radius 3 is 2.83 bits per heavy atom. The van der Waals surface area contributed by atoms with Gasteiger partial charge in [0, 0.05) is 11.0 Å². The number of hydrogen-bond acceptors (Lipinski definition) is 4. The summed E-state index contributed by atoms with van der Waals surface area (Å²) in [5.74, 6) is -0.764. The minimum absolute atomic E-state index is 0.108. The van der Waals surface area contributed by atoms with Crippen molar-refractivity contribution in [3.8, 4) is 0 Å². The van der Waals surface area contributed by atoms with Gasteiger partial charge in [0.25, 0.3) is 0 Å². The molecule has 2 aromatic rings. The molecule has 5 nitrogen and oxygen atoms in total. The van der Waals surface area contributed by atoms with Crippen molar-refractivity contribution in [2.75, 3.05) is 5.32 Å². The van der Waals surface area contributed by atoms with Gasteiger partial charge in [-0.15, -0.1) is 5.10 Å². The first-order valence-corrected chi connectivity index (χ1v) is 6.00. The highest BCUT2D eigenvalue weighted by molar-refractivity contribution is 9.10. The Bertz CT molecular complexity index is 575. The number of halogens is 1. The van der Waals surface area contributed by atoms with Crippen LogP contribution in [0.15, 0.2) is 41.0 Å². The van der Waals surface area contributed by atoms with Crippen molar-refractivity contribution in [1.82, 2.24) is 10.2 Å². The van der Waals surface area contributed by atoms with Gasteiger partial charge in [0.05, 0.1) is 6.20 Å². The lowest BCUT2D eigenvalue weighted by molar-refractivity contribution is 0.0697. The van der Waals surface area contributed by atoms with Crippen LogP contribution in [-0.4, -0.2) is 21.3 Å². The maximum absolute atomic E-state index is 11.0. The Balaban J connectivity index is 2.16. The molecule has 1 aromatic heterocycles. The smallest absolute Gasteiger partial charge is 0.339 e. The normalized spacial score (nSPS) is 10.1. The molecule has 0 radical (unpaired) electrons. The second-order valence-electron chi connectivity index (χ2n) is 3.54. The maximum atomic E-state index is 11.0. The topological polar surface area (TPSA) is 75.1 Å². The molecule has 18 heavy (non-hydrogen) atoms. The summed E-state index contributed by atoms with van der Waals surface area (Å²) in [6, 6.07) is 9.10. The number of aromatic carboxylic acids is 1. The van der Waals surface area contributed by atoms with E-state index >= 15 is 0 Å². The fourth-order valence-electron chi connectivity index (χ4n) is 1.46. The molecule has 0 aliphatic heterocycles. The van der Waals surface area contributed by atoms with E-state index in [0.29, 0.717) is 6.54 Å². The minimum Gasteiger partial charge on any atom is -0.478 e. The van der Waals surface area contributed by atoms with E-state index in [1.807, 2.05) is 24.3 Å². The Hall–Kier alpha value is -1.95. The van der Waals surface area contributed by atoms with Crippen LogP contribution in [0.2, 0.25) is 0 Å². The highest BCUT2D eigenvalue weighted by Crippen LogP contribution is 2.18. The molecule has 2 N–H and O–H groups in total. The Morgan fingerprint density at radius 1 is 1.33 bits per heavy atom. The van der Waals surface area contributed by atoms with Crippen molar-refractivity contribution in [3.63, 3.8) is 0 Å². The number of rotatable bonds is 4. The second kappa shape index (κ2) is 5.59. The summed E-state index contributed by atoms with van der Waals surface area (Å²) in [6.45, 7) is 0.473. The van der Waals surface area contributed by atoms with Crippen LogP contribution in [0.5, 0.6) is 0 Å². The molecule has 0 atom stereocenters. The molecule has 6 heteroatoms. The average molecular weight is 308 g/mol. The summed E-state index contributed by atoms with van der Waals surface area (Å²) in [5, 5.41) is 19.4. The van der Waals surface area contributed by atoms with E-state index in [1.54, 1.807) is 0 Å². The molecule has 0 amide bonds. The predicted molar refractivity (Wildman–Crippen MR) is 70.5 cm³/mol. The van der Waals surface area contributed by atoms with Crippen molar-refractivity contribution in [3.05, 3.63) is 52.1 Å². The molecule has 1 aromatic carbocycles. The van der Waals surface area contributed by atoms with E-state index in [-0.39, 0.29) is 11.4 Å². The zero-order valence-corrected chi connectivity index (χ0v) is 10.9. The monoisotopic (exact) mass is 307 g/mol. The van der Waals surface area contributed by atoms with Crippen LogP contribution < -0.4 is 5.32 Å². The molecule has 0 bridgehead atoms. The zero-order valence-electron chi connectivity index (χ0n) is 9.30. The van der Waals surface area contributed by atoms with Crippen molar-refractivity contribution in [1.29, 1.82) is 0 Å². The van der Waals surface area contributed by atoms with Gasteiger partial charge in [-0.05, 0) is 17.7 Å². The van der Waals surface area contributed by atoms with E-state index in [2.05, 4.69) is 31.4 Å². The Labute approximate surface area is 112 Å². The van der Waals surface area contributed by atoms with E-state index < -0.39 is 5.97 Å². The zero-order chi connectivity index (χ0) is 13.0. The van der Waals surface area contributed by atoms with Crippen LogP contribution in [0.25, 0.3) is 0 Å². The van der Waals surface area contributed by atoms with Crippen molar-refractivity contribution in [2.45, 2.75) is 6.54 Å². The van der Waals surface area contributed by atoms with Crippen LogP contribution in [0, 0.1) is 0 Å². The molecule has 92 valence electrons. The number of carbonyl (C=O) groups is 1. The third-order valence-electron chi connectivity index (χ3n) is 2.36. The number of nitrogens with one attached hydrogen (secondary N) is 1. The van der Waals surface area contributed by atoms with Crippen LogP contribution in [0.1, 0.15) is 15.9 Å². The van der Waals surface area contributed by atoms with Crippen molar-refractivity contribution >= 4 is 27.7 Å². The van der Waals surface area contributed by atoms with Crippen LogP contribution in [0.3, 0.4) is 0 Å². The summed E-state index contributed by atoms with van der Waals surface area (Å²) in [5.41, 5.74) is 1.12. The summed E-state index contributed by atoms with van der Waals surface area (Å²) in [6.07, 6.45) is 1.35. The molecule has 0 aliphatic rings. The molecule has 0 saturated heterocycles. The lowest BCUT2D eigenvalue weighted by Gasteiger charge is -2.08. The van der Waals surface area contributed by atoms with E-state index in [9.17, 15) is 4.79 Å². The second-order valence-corrected chi connectivity index (χ2v) is 4.40. The van der Waals surface area contributed by atoms with Crippen molar-refractivity contribution < 1.29 is 9.90 Å². The number of carboxylic acid groups (broad SMARTS) is 1. The van der Waals surface area contributed by atoms with Crippen LogP contribution >= 0.6 is 15.9 Å². The Kier molecular flexibility index (Phi) is 3.88. The Morgan fingerprint density at radius 2 is 2.11 bits per heavy atom. The first-order valence-electron chi connectivity index (χ1n) is 5.20. The summed E-state index contributed by atoms with van der Waals surface area (Å²) in [7, 11) is 0. The first kappa shape index (κ1) is 12.5. The highest BCUT2D eigenvalue weighted by Gasteiger charge is 2.11. The predicted octanol–water partition coefficient (Wildman–Crippen LogP) is 2.55. The van der Waals surface area contributed by atoms with Gasteiger partial charge in [0.1, 0.15) is 5.56 Å². The summed E-state index contributed by atoms with van der Waals surface area (Å²) in [4.78, 5) is 11.0. The number of nitrogens with zero attached hydrogens (tertiary/aromatic N) is 2. The van der Waals surface area contributed by atoms with Gasteiger partial charge in [0.2, 0.25) is 0 Å². The van der Waals surface area contributed by atoms with E-state index in [0.717, 1.165) is 10.0 Å². The van der Waals surface area contributed by atoms with Crippen molar-refractivity contribution in [2.24, 2.45) is 0 Å². The van der Waals surface area contributed by atoms with E-state index in [4.69, 9.17) is 5.11 Å². The summed E-state index contributed by atoms with van der Waals surface area (Å²) < 4.78 is 0.957. The molecule has 0 spiro atoms. The molecular weight excluding hydrogens is 298 g/mol. The van der Waals surface area contributed by atoms with Gasteiger partial charge in [0.15, 0.2) is 5.82 Å². The largest absolute Gasteiger partial charge is 0.478 e. The third kappa shape index (κ3) is 2.84. The summed E-state index contributed by atoms with van der Waals surface area (Å²) >= 11 is 3.42. The fourth-order valence-corrected chi connectivity index (χ4v) is 1.88. The highest BCUT2D eigenvalue weighted by atomic mass is 79.9. The molecular formula is C12H10BrN3O2. The lowest BCUT2D eigenvalue weighted by atomic mass is 10.2. The van der Waals surface area contributed by atoms with Gasteiger partial charge in [-0.2, -0.15) is 5.10 Å². The number of carboxylic acids is 1. The molecule has 2 rings (SSSR count). The third-order valence-corrected chi connectivity index (χ3v) is 3.13. The standard InChI is InChI=1S/C12H10BrN3O2/c13-10-4-2-1-3-8(10)7-14-11-9(12(17)18)5-6-15-16-11/h1-6H,7H2,(H,14,16)(H,17,18). The minimum atomic E-state index is -1.03. The molecule has 0 saturated carbocycles. The van der Waals surface area contributed by atoms with Gasteiger partial charge in [-0.3, -0.25) is 0 Å². The maximum Gasteiger partial charge on any atom is 0.339 e. The van der Waals surface area contributed by atoms with Gasteiger partial charge < -0.3 is 10.4 Å². The molecule has 0 fully saturated rings. The number of aromatic nitrogens is 2. The van der Waals surface area contributed by atoms with Crippen LogP contribution in [-0.2, 0) is 6.54 Å². The van der Waals surface area contributed by atoms with E-state index in [1.165, 1.54) is 12.3 Å². The molecule has 1 heterocycles. The molecule has 0 aliphatic carbocycles. The average Bonchev–Trinajstić information content (AvgIpc) is 2.38. The molecule has 0 unspecified atom stereocenters. The fraction of sp³-hybridized carbons (Fsp3) is 0.0833. The van der Waals surface area contributed by atoms with Crippen LogP contribution in [0.4, 0.5) is 5.82 Å². The van der Waals surface area contributed by atoms with Gasteiger partial charge >= 0.3 is 5.97 Å².